The highest BCUT2D eigenvalue weighted by Crippen LogP contribution is 2.27. The topological polar surface area (TPSA) is 20.2 Å². The van der Waals surface area contributed by atoms with Gasteiger partial charge >= 0.3 is 0 Å². The highest BCUT2D eigenvalue weighted by molar-refractivity contribution is 5.15. The molecule has 0 aromatic rings. The monoisotopic (exact) mass is 138 g/mol. The van der Waals surface area contributed by atoms with Crippen LogP contribution >= 0.6 is 0 Å². The van der Waals surface area contributed by atoms with E-state index in [-0.39, 0.29) is 12.0 Å². The molecule has 56 valence electrons. The Balaban J connectivity index is 2.56. The number of hydrogen-bond acceptors (Lipinski definition) is 1. The second kappa shape index (κ2) is 3.02. The SMILES string of the molecule is CC1(CCO)C=CCC=C1. The van der Waals surface area contributed by atoms with Crippen molar-refractivity contribution in [2.24, 2.45) is 5.41 Å². The Morgan fingerprint density at radius 2 is 2.00 bits per heavy atom. The van der Waals surface area contributed by atoms with E-state index in [0.717, 1.165) is 12.8 Å². The number of rotatable bonds is 2. The van der Waals surface area contributed by atoms with Crippen molar-refractivity contribution in [2.45, 2.75) is 19.8 Å². The van der Waals surface area contributed by atoms with Gasteiger partial charge in [-0.1, -0.05) is 31.2 Å². The van der Waals surface area contributed by atoms with Crippen LogP contribution in [-0.2, 0) is 0 Å². The Morgan fingerprint density at radius 3 is 2.50 bits per heavy atom. The van der Waals surface area contributed by atoms with E-state index < -0.39 is 0 Å². The minimum Gasteiger partial charge on any atom is -0.396 e. The Bertz CT molecular complexity index is 144. The predicted octanol–water partition coefficient (Wildman–Crippen LogP) is 1.89. The minimum atomic E-state index is 0.118. The quantitative estimate of drug-likeness (QED) is 0.578. The molecule has 0 fully saturated rings. The molecule has 1 aliphatic rings. The largest absolute Gasteiger partial charge is 0.396 e. The maximum absolute atomic E-state index is 8.72. The maximum atomic E-state index is 8.72. The molecule has 0 aromatic carbocycles. The summed E-state index contributed by atoms with van der Waals surface area (Å²) in [5, 5.41) is 8.72. The molecule has 1 N–H and O–H groups in total. The van der Waals surface area contributed by atoms with Gasteiger partial charge in [-0.25, -0.2) is 0 Å². The fourth-order valence-corrected chi connectivity index (χ4v) is 1.22. The Morgan fingerprint density at radius 1 is 1.40 bits per heavy atom. The van der Waals surface area contributed by atoms with Crippen LogP contribution in [-0.4, -0.2) is 11.7 Å². The molecule has 0 spiro atoms. The Hall–Kier alpha value is -0.560. The lowest BCUT2D eigenvalue weighted by molar-refractivity contribution is 0.252. The van der Waals surface area contributed by atoms with Gasteiger partial charge in [0.1, 0.15) is 0 Å². The van der Waals surface area contributed by atoms with E-state index in [0.29, 0.717) is 0 Å². The van der Waals surface area contributed by atoms with Crippen molar-refractivity contribution >= 4 is 0 Å². The molecular weight excluding hydrogens is 124 g/mol. The summed E-state index contributed by atoms with van der Waals surface area (Å²) < 4.78 is 0. The van der Waals surface area contributed by atoms with Crippen LogP contribution in [0.2, 0.25) is 0 Å². The molecule has 1 heteroatoms. The number of allylic oxidation sites excluding steroid dienone is 4. The minimum absolute atomic E-state index is 0.118. The number of aliphatic hydroxyl groups is 1. The zero-order valence-corrected chi connectivity index (χ0v) is 6.38. The fraction of sp³-hybridized carbons (Fsp3) is 0.556. The van der Waals surface area contributed by atoms with E-state index >= 15 is 0 Å². The van der Waals surface area contributed by atoms with Crippen molar-refractivity contribution in [2.75, 3.05) is 6.61 Å². The van der Waals surface area contributed by atoms with E-state index in [9.17, 15) is 0 Å². The van der Waals surface area contributed by atoms with Crippen molar-refractivity contribution in [3.63, 3.8) is 0 Å². The van der Waals surface area contributed by atoms with Crippen LogP contribution in [0.4, 0.5) is 0 Å². The number of hydrogen-bond donors (Lipinski definition) is 1. The highest BCUT2D eigenvalue weighted by atomic mass is 16.3. The molecule has 10 heavy (non-hydrogen) atoms. The van der Waals surface area contributed by atoms with Crippen LogP contribution in [0.3, 0.4) is 0 Å². The molecule has 0 radical (unpaired) electrons. The standard InChI is InChI=1S/C9H14O/c1-9(7-8-10)5-3-2-4-6-9/h3-6,10H,2,7-8H2,1H3. The Kier molecular flexibility index (Phi) is 2.28. The molecule has 1 nitrogen and oxygen atoms in total. The molecule has 0 unspecified atom stereocenters. The highest BCUT2D eigenvalue weighted by Gasteiger charge is 2.16. The summed E-state index contributed by atoms with van der Waals surface area (Å²) >= 11 is 0. The van der Waals surface area contributed by atoms with Crippen molar-refractivity contribution in [1.82, 2.24) is 0 Å². The summed E-state index contributed by atoms with van der Waals surface area (Å²) in [6.45, 7) is 2.40. The molecule has 0 saturated carbocycles. The molecule has 0 atom stereocenters. The molecular formula is C9H14O. The molecule has 1 aliphatic carbocycles. The van der Waals surface area contributed by atoms with Gasteiger partial charge in [-0.15, -0.1) is 0 Å². The lowest BCUT2D eigenvalue weighted by atomic mass is 9.83. The summed E-state index contributed by atoms with van der Waals surface area (Å²) in [7, 11) is 0. The van der Waals surface area contributed by atoms with Gasteiger partial charge in [0, 0.05) is 12.0 Å². The molecule has 0 heterocycles. The van der Waals surface area contributed by atoms with E-state index in [1.807, 2.05) is 0 Å². The summed E-state index contributed by atoms with van der Waals surface area (Å²) in [5.74, 6) is 0. The predicted molar refractivity (Wildman–Crippen MR) is 42.7 cm³/mol. The fourth-order valence-electron chi connectivity index (χ4n) is 1.22. The third-order valence-electron chi connectivity index (χ3n) is 1.92. The van der Waals surface area contributed by atoms with Crippen LogP contribution in [0.25, 0.3) is 0 Å². The summed E-state index contributed by atoms with van der Waals surface area (Å²) in [6.07, 6.45) is 10.5. The van der Waals surface area contributed by atoms with E-state index in [2.05, 4.69) is 31.2 Å². The average Bonchev–Trinajstić information content (AvgIpc) is 1.89. The van der Waals surface area contributed by atoms with Gasteiger partial charge in [0.25, 0.3) is 0 Å². The molecule has 0 aromatic heterocycles. The lowest BCUT2D eigenvalue weighted by Crippen LogP contribution is -2.13. The van der Waals surface area contributed by atoms with Gasteiger partial charge in [0.2, 0.25) is 0 Å². The van der Waals surface area contributed by atoms with Crippen LogP contribution in [0.15, 0.2) is 24.3 Å². The van der Waals surface area contributed by atoms with E-state index in [1.165, 1.54) is 0 Å². The molecule has 0 saturated heterocycles. The second-order valence-corrected chi connectivity index (χ2v) is 3.02. The summed E-state index contributed by atoms with van der Waals surface area (Å²) in [5.41, 5.74) is 0.118. The van der Waals surface area contributed by atoms with E-state index in [1.54, 1.807) is 0 Å². The van der Waals surface area contributed by atoms with Crippen LogP contribution in [0.1, 0.15) is 19.8 Å². The van der Waals surface area contributed by atoms with Gasteiger partial charge in [-0.3, -0.25) is 0 Å². The maximum Gasteiger partial charge on any atom is 0.0442 e. The zero-order valence-electron chi connectivity index (χ0n) is 6.38. The summed E-state index contributed by atoms with van der Waals surface area (Å²) in [4.78, 5) is 0. The number of aliphatic hydroxyl groups excluding tert-OH is 1. The van der Waals surface area contributed by atoms with Gasteiger partial charge in [0.05, 0.1) is 0 Å². The summed E-state index contributed by atoms with van der Waals surface area (Å²) in [6, 6.07) is 0. The third kappa shape index (κ3) is 1.71. The second-order valence-electron chi connectivity index (χ2n) is 3.02. The first-order valence-corrected chi connectivity index (χ1v) is 3.73. The zero-order chi connectivity index (χ0) is 7.45. The van der Waals surface area contributed by atoms with Crippen LogP contribution in [0, 0.1) is 5.41 Å². The van der Waals surface area contributed by atoms with Gasteiger partial charge < -0.3 is 5.11 Å². The average molecular weight is 138 g/mol. The van der Waals surface area contributed by atoms with Gasteiger partial charge in [0.15, 0.2) is 0 Å². The first-order chi connectivity index (χ1) is 4.77. The van der Waals surface area contributed by atoms with E-state index in [4.69, 9.17) is 5.11 Å². The van der Waals surface area contributed by atoms with Crippen molar-refractivity contribution in [3.8, 4) is 0 Å². The van der Waals surface area contributed by atoms with Crippen molar-refractivity contribution in [1.29, 1.82) is 0 Å². The van der Waals surface area contributed by atoms with Crippen LogP contribution in [0.5, 0.6) is 0 Å². The normalized spacial score (nSPS) is 21.4. The third-order valence-corrected chi connectivity index (χ3v) is 1.92. The molecule has 0 aliphatic heterocycles. The van der Waals surface area contributed by atoms with Gasteiger partial charge in [-0.2, -0.15) is 0 Å². The molecule has 0 amide bonds. The lowest BCUT2D eigenvalue weighted by Gasteiger charge is -2.22. The molecule has 1 rings (SSSR count). The first kappa shape index (κ1) is 7.55. The van der Waals surface area contributed by atoms with Crippen LogP contribution < -0.4 is 0 Å². The van der Waals surface area contributed by atoms with Crippen molar-refractivity contribution in [3.05, 3.63) is 24.3 Å². The van der Waals surface area contributed by atoms with Gasteiger partial charge in [-0.05, 0) is 12.8 Å². The molecule has 0 bridgehead atoms. The Labute approximate surface area is 62.1 Å². The smallest absolute Gasteiger partial charge is 0.0442 e. The first-order valence-electron chi connectivity index (χ1n) is 3.73. The van der Waals surface area contributed by atoms with Crippen molar-refractivity contribution < 1.29 is 5.11 Å².